The van der Waals surface area contributed by atoms with Gasteiger partial charge in [-0.05, 0) is 37.3 Å². The van der Waals surface area contributed by atoms with Crippen molar-refractivity contribution in [3.63, 3.8) is 0 Å². The summed E-state index contributed by atoms with van der Waals surface area (Å²) in [5.74, 6) is 1.69. The van der Waals surface area contributed by atoms with E-state index in [0.717, 1.165) is 5.76 Å². The molecule has 0 radical (unpaired) electrons. The van der Waals surface area contributed by atoms with Crippen molar-refractivity contribution in [2.75, 3.05) is 21.3 Å². The lowest BCUT2D eigenvalue weighted by atomic mass is 10.1. The molecule has 2 aromatic rings. The third kappa shape index (κ3) is 3.02. The van der Waals surface area contributed by atoms with Gasteiger partial charge in [-0.1, -0.05) is 0 Å². The fourth-order valence-electron chi connectivity index (χ4n) is 2.07. The van der Waals surface area contributed by atoms with Gasteiger partial charge < -0.3 is 18.8 Å². The molecular formula is C16H19NO4. The molecule has 2 rings (SSSR count). The highest BCUT2D eigenvalue weighted by molar-refractivity contribution is 5.97. The monoisotopic (exact) mass is 289 g/mol. The molecule has 0 spiro atoms. The van der Waals surface area contributed by atoms with E-state index in [1.54, 1.807) is 49.6 Å². The number of ether oxygens (including phenoxy) is 2. The molecule has 112 valence electrons. The Balaban J connectivity index is 2.30. The second-order valence-electron chi connectivity index (χ2n) is 4.67. The first kappa shape index (κ1) is 15.0. The Morgan fingerprint density at radius 2 is 2.00 bits per heavy atom. The number of methoxy groups -OCH3 is 2. The van der Waals surface area contributed by atoms with E-state index in [9.17, 15) is 4.79 Å². The van der Waals surface area contributed by atoms with E-state index in [0.29, 0.717) is 17.1 Å². The molecule has 0 saturated heterocycles. The summed E-state index contributed by atoms with van der Waals surface area (Å²) in [5, 5.41) is 0. The van der Waals surface area contributed by atoms with E-state index in [4.69, 9.17) is 13.9 Å². The van der Waals surface area contributed by atoms with Crippen LogP contribution in [-0.2, 0) is 0 Å². The number of nitrogens with zero attached hydrogens (tertiary/aromatic N) is 1. The van der Waals surface area contributed by atoms with Gasteiger partial charge in [-0.3, -0.25) is 4.79 Å². The summed E-state index contributed by atoms with van der Waals surface area (Å²) in [7, 11) is 4.83. The zero-order valence-electron chi connectivity index (χ0n) is 12.6. The van der Waals surface area contributed by atoms with Crippen molar-refractivity contribution in [2.24, 2.45) is 0 Å². The fraction of sp³-hybridized carbons (Fsp3) is 0.312. The van der Waals surface area contributed by atoms with Crippen molar-refractivity contribution in [3.05, 3.63) is 47.9 Å². The third-order valence-electron chi connectivity index (χ3n) is 3.49. The van der Waals surface area contributed by atoms with Crippen molar-refractivity contribution in [1.82, 2.24) is 4.90 Å². The molecule has 5 heteroatoms. The third-order valence-corrected chi connectivity index (χ3v) is 3.49. The molecule has 0 aliphatic rings. The SMILES string of the molecule is COc1ccc(OC)c(C(=O)N(C)C(C)c2ccco2)c1. The van der Waals surface area contributed by atoms with Crippen LogP contribution in [0.15, 0.2) is 41.0 Å². The number of benzene rings is 1. The maximum Gasteiger partial charge on any atom is 0.258 e. The van der Waals surface area contributed by atoms with Crippen LogP contribution in [0.4, 0.5) is 0 Å². The number of amides is 1. The summed E-state index contributed by atoms with van der Waals surface area (Å²) in [6.45, 7) is 1.91. The minimum atomic E-state index is -0.177. The van der Waals surface area contributed by atoms with Crippen molar-refractivity contribution in [2.45, 2.75) is 13.0 Å². The molecule has 0 N–H and O–H groups in total. The quantitative estimate of drug-likeness (QED) is 0.848. The summed E-state index contributed by atoms with van der Waals surface area (Å²) in [4.78, 5) is 14.3. The van der Waals surface area contributed by atoms with Crippen LogP contribution < -0.4 is 9.47 Å². The zero-order valence-corrected chi connectivity index (χ0v) is 12.6. The van der Waals surface area contributed by atoms with E-state index in [1.165, 1.54) is 7.11 Å². The first-order chi connectivity index (χ1) is 10.1. The Bertz CT molecular complexity index is 607. The molecule has 0 fully saturated rings. The van der Waals surface area contributed by atoms with Gasteiger partial charge in [0.25, 0.3) is 5.91 Å². The maximum absolute atomic E-state index is 12.7. The van der Waals surface area contributed by atoms with Gasteiger partial charge in [-0.15, -0.1) is 0 Å². The van der Waals surface area contributed by atoms with E-state index >= 15 is 0 Å². The van der Waals surface area contributed by atoms with E-state index in [-0.39, 0.29) is 11.9 Å². The minimum absolute atomic E-state index is 0.158. The molecular weight excluding hydrogens is 270 g/mol. The van der Waals surface area contributed by atoms with Crippen LogP contribution in [0.1, 0.15) is 29.1 Å². The molecule has 1 aromatic heterocycles. The maximum atomic E-state index is 12.7. The lowest BCUT2D eigenvalue weighted by Gasteiger charge is -2.24. The van der Waals surface area contributed by atoms with Crippen molar-refractivity contribution >= 4 is 5.91 Å². The minimum Gasteiger partial charge on any atom is -0.497 e. The molecule has 1 amide bonds. The summed E-state index contributed by atoms with van der Waals surface area (Å²) in [5.41, 5.74) is 0.456. The second-order valence-corrected chi connectivity index (χ2v) is 4.67. The number of rotatable bonds is 5. The van der Waals surface area contributed by atoms with Crippen LogP contribution in [0.3, 0.4) is 0 Å². The van der Waals surface area contributed by atoms with Crippen molar-refractivity contribution < 1.29 is 18.7 Å². The van der Waals surface area contributed by atoms with Crippen LogP contribution in [0.2, 0.25) is 0 Å². The van der Waals surface area contributed by atoms with E-state index < -0.39 is 0 Å². The second kappa shape index (κ2) is 6.35. The van der Waals surface area contributed by atoms with Gasteiger partial charge in [-0.2, -0.15) is 0 Å². The molecule has 1 unspecified atom stereocenters. The standard InChI is InChI=1S/C16H19NO4/c1-11(14-6-5-9-21-14)17(2)16(18)13-10-12(19-3)7-8-15(13)20-4/h5-11H,1-4H3. The Hall–Kier alpha value is -2.43. The van der Waals surface area contributed by atoms with Crippen LogP contribution >= 0.6 is 0 Å². The van der Waals surface area contributed by atoms with Gasteiger partial charge in [0, 0.05) is 7.05 Å². The highest BCUT2D eigenvalue weighted by atomic mass is 16.5. The van der Waals surface area contributed by atoms with Crippen molar-refractivity contribution in [1.29, 1.82) is 0 Å². The van der Waals surface area contributed by atoms with Gasteiger partial charge in [0.1, 0.15) is 17.3 Å². The van der Waals surface area contributed by atoms with Gasteiger partial charge in [0.05, 0.1) is 32.1 Å². The Morgan fingerprint density at radius 1 is 1.24 bits per heavy atom. The van der Waals surface area contributed by atoms with Crippen LogP contribution in [0, 0.1) is 0 Å². The van der Waals surface area contributed by atoms with E-state index in [2.05, 4.69) is 0 Å². The lowest BCUT2D eigenvalue weighted by molar-refractivity contribution is 0.0722. The first-order valence-corrected chi connectivity index (χ1v) is 6.61. The number of carbonyl (C=O) groups excluding carboxylic acids is 1. The zero-order chi connectivity index (χ0) is 15.4. The van der Waals surface area contributed by atoms with Gasteiger partial charge in [0.15, 0.2) is 0 Å². The summed E-state index contributed by atoms with van der Waals surface area (Å²) in [6, 6.07) is 8.62. The Morgan fingerprint density at radius 3 is 2.57 bits per heavy atom. The summed E-state index contributed by atoms with van der Waals surface area (Å²) in [6.07, 6.45) is 1.59. The Labute approximate surface area is 124 Å². The predicted octanol–water partition coefficient (Wildman–Crippen LogP) is 3.13. The molecule has 1 heterocycles. The van der Waals surface area contributed by atoms with Crippen LogP contribution in [0.25, 0.3) is 0 Å². The molecule has 0 saturated carbocycles. The number of furan rings is 1. The normalized spacial score (nSPS) is 11.8. The molecule has 0 aliphatic heterocycles. The lowest BCUT2D eigenvalue weighted by Crippen LogP contribution is -2.29. The average molecular weight is 289 g/mol. The first-order valence-electron chi connectivity index (χ1n) is 6.61. The Kier molecular flexibility index (Phi) is 4.52. The highest BCUT2D eigenvalue weighted by Gasteiger charge is 2.23. The molecule has 1 aromatic carbocycles. The smallest absolute Gasteiger partial charge is 0.258 e. The van der Waals surface area contributed by atoms with Gasteiger partial charge in [-0.25, -0.2) is 0 Å². The number of hydrogen-bond donors (Lipinski definition) is 0. The average Bonchev–Trinajstić information content (AvgIpc) is 3.06. The summed E-state index contributed by atoms with van der Waals surface area (Å²) >= 11 is 0. The van der Waals surface area contributed by atoms with Gasteiger partial charge in [0.2, 0.25) is 0 Å². The van der Waals surface area contributed by atoms with Gasteiger partial charge >= 0.3 is 0 Å². The van der Waals surface area contributed by atoms with Crippen LogP contribution in [-0.4, -0.2) is 32.1 Å². The predicted molar refractivity (Wildman–Crippen MR) is 78.8 cm³/mol. The van der Waals surface area contributed by atoms with E-state index in [1.807, 2.05) is 13.0 Å². The largest absolute Gasteiger partial charge is 0.497 e. The molecule has 0 bridgehead atoms. The number of carbonyl (C=O) groups is 1. The fourth-order valence-corrected chi connectivity index (χ4v) is 2.07. The number of hydrogen-bond acceptors (Lipinski definition) is 4. The summed E-state index contributed by atoms with van der Waals surface area (Å²) < 4.78 is 15.8. The van der Waals surface area contributed by atoms with Crippen molar-refractivity contribution in [3.8, 4) is 11.5 Å². The topological polar surface area (TPSA) is 51.9 Å². The van der Waals surface area contributed by atoms with Crippen LogP contribution in [0.5, 0.6) is 11.5 Å². The highest BCUT2D eigenvalue weighted by Crippen LogP contribution is 2.28. The molecule has 21 heavy (non-hydrogen) atoms. The molecule has 1 atom stereocenters. The molecule has 0 aliphatic carbocycles. The molecule has 5 nitrogen and oxygen atoms in total.